The SMILES string of the molecule is Clc1ccc(-c2cccc(-c3cccc4c3[nH]c3ccccc34)c2)c2ccccc12. The van der Waals surface area contributed by atoms with Crippen LogP contribution in [-0.2, 0) is 0 Å². The van der Waals surface area contributed by atoms with Crippen LogP contribution >= 0.6 is 11.6 Å². The Morgan fingerprint density at radius 2 is 1.17 bits per heavy atom. The molecule has 0 aliphatic heterocycles. The van der Waals surface area contributed by atoms with Crippen LogP contribution in [0.4, 0.5) is 0 Å². The second-order valence-corrected chi connectivity index (χ2v) is 8.03. The molecule has 0 aliphatic rings. The monoisotopic (exact) mass is 403 g/mol. The van der Waals surface area contributed by atoms with Gasteiger partial charge in [0.2, 0.25) is 0 Å². The number of aromatic amines is 1. The van der Waals surface area contributed by atoms with Crippen LogP contribution < -0.4 is 0 Å². The van der Waals surface area contributed by atoms with Crippen molar-refractivity contribution in [2.24, 2.45) is 0 Å². The number of H-pyrrole nitrogens is 1. The number of aromatic nitrogens is 1. The molecule has 0 unspecified atom stereocenters. The van der Waals surface area contributed by atoms with Gasteiger partial charge in [-0.2, -0.15) is 0 Å². The lowest BCUT2D eigenvalue weighted by atomic mass is 9.94. The summed E-state index contributed by atoms with van der Waals surface area (Å²) >= 11 is 6.44. The van der Waals surface area contributed by atoms with Gasteiger partial charge < -0.3 is 4.98 Å². The van der Waals surface area contributed by atoms with Gasteiger partial charge in [0.1, 0.15) is 0 Å². The van der Waals surface area contributed by atoms with Gasteiger partial charge >= 0.3 is 0 Å². The van der Waals surface area contributed by atoms with E-state index in [4.69, 9.17) is 11.6 Å². The van der Waals surface area contributed by atoms with E-state index in [1.54, 1.807) is 0 Å². The van der Waals surface area contributed by atoms with Gasteiger partial charge in [-0.25, -0.2) is 0 Å². The van der Waals surface area contributed by atoms with E-state index in [-0.39, 0.29) is 0 Å². The first-order valence-corrected chi connectivity index (χ1v) is 10.4. The smallest absolute Gasteiger partial charge is 0.0544 e. The van der Waals surface area contributed by atoms with Crippen molar-refractivity contribution in [3.63, 3.8) is 0 Å². The van der Waals surface area contributed by atoms with Gasteiger partial charge in [-0.05, 0) is 40.3 Å². The molecule has 0 saturated heterocycles. The molecule has 0 atom stereocenters. The summed E-state index contributed by atoms with van der Waals surface area (Å²) in [6.07, 6.45) is 0. The van der Waals surface area contributed by atoms with Gasteiger partial charge in [0.15, 0.2) is 0 Å². The number of para-hydroxylation sites is 2. The zero-order valence-corrected chi connectivity index (χ0v) is 16.9. The van der Waals surface area contributed by atoms with Gasteiger partial charge in [-0.1, -0.05) is 96.5 Å². The zero-order chi connectivity index (χ0) is 20.1. The van der Waals surface area contributed by atoms with E-state index in [1.807, 2.05) is 12.1 Å². The Hall–Kier alpha value is -3.55. The largest absolute Gasteiger partial charge is 0.354 e. The van der Waals surface area contributed by atoms with E-state index in [0.29, 0.717) is 0 Å². The van der Waals surface area contributed by atoms with Crippen molar-refractivity contribution in [1.82, 2.24) is 4.98 Å². The summed E-state index contributed by atoms with van der Waals surface area (Å²) in [6, 6.07) is 36.2. The molecule has 142 valence electrons. The fourth-order valence-electron chi connectivity index (χ4n) is 4.48. The van der Waals surface area contributed by atoms with Crippen LogP contribution in [0.3, 0.4) is 0 Å². The molecule has 30 heavy (non-hydrogen) atoms. The summed E-state index contributed by atoms with van der Waals surface area (Å²) in [4.78, 5) is 3.62. The minimum Gasteiger partial charge on any atom is -0.354 e. The molecular weight excluding hydrogens is 386 g/mol. The summed E-state index contributed by atoms with van der Waals surface area (Å²) < 4.78 is 0. The lowest BCUT2D eigenvalue weighted by Crippen LogP contribution is -1.85. The molecule has 1 heterocycles. The molecule has 2 heteroatoms. The molecule has 6 aromatic rings. The molecule has 0 saturated carbocycles. The van der Waals surface area contributed by atoms with Crippen LogP contribution in [-0.4, -0.2) is 4.98 Å². The van der Waals surface area contributed by atoms with Crippen LogP contribution in [0.2, 0.25) is 5.02 Å². The van der Waals surface area contributed by atoms with Crippen molar-refractivity contribution in [3.05, 3.63) is 108 Å². The Kier molecular flexibility index (Phi) is 3.90. The normalized spacial score (nSPS) is 11.5. The van der Waals surface area contributed by atoms with Crippen LogP contribution in [0.5, 0.6) is 0 Å². The van der Waals surface area contributed by atoms with Crippen molar-refractivity contribution in [3.8, 4) is 22.3 Å². The maximum absolute atomic E-state index is 6.44. The van der Waals surface area contributed by atoms with E-state index >= 15 is 0 Å². The zero-order valence-electron chi connectivity index (χ0n) is 16.2. The van der Waals surface area contributed by atoms with Crippen molar-refractivity contribution in [2.75, 3.05) is 0 Å². The van der Waals surface area contributed by atoms with Crippen LogP contribution in [0, 0.1) is 0 Å². The Morgan fingerprint density at radius 3 is 2.03 bits per heavy atom. The van der Waals surface area contributed by atoms with Crippen molar-refractivity contribution in [2.45, 2.75) is 0 Å². The van der Waals surface area contributed by atoms with E-state index in [9.17, 15) is 0 Å². The third kappa shape index (κ3) is 2.63. The molecule has 0 amide bonds. The molecule has 0 bridgehead atoms. The van der Waals surface area contributed by atoms with Crippen LogP contribution in [0.1, 0.15) is 0 Å². The third-order valence-electron chi connectivity index (χ3n) is 5.90. The summed E-state index contributed by atoms with van der Waals surface area (Å²) in [5.41, 5.74) is 7.14. The van der Waals surface area contributed by atoms with Crippen LogP contribution in [0.25, 0.3) is 54.8 Å². The molecule has 1 nitrogen and oxygen atoms in total. The van der Waals surface area contributed by atoms with E-state index in [0.717, 1.165) is 10.4 Å². The highest BCUT2D eigenvalue weighted by Gasteiger charge is 2.11. The fourth-order valence-corrected chi connectivity index (χ4v) is 4.71. The quantitative estimate of drug-likeness (QED) is 0.298. The van der Waals surface area contributed by atoms with Gasteiger partial charge in [0.05, 0.1) is 5.52 Å². The Bertz CT molecular complexity index is 1560. The first-order valence-electron chi connectivity index (χ1n) is 10.1. The summed E-state index contributed by atoms with van der Waals surface area (Å²) in [5.74, 6) is 0. The number of hydrogen-bond donors (Lipinski definition) is 1. The summed E-state index contributed by atoms with van der Waals surface area (Å²) in [5, 5.41) is 5.55. The van der Waals surface area contributed by atoms with Crippen molar-refractivity contribution < 1.29 is 0 Å². The Balaban J connectivity index is 1.58. The molecule has 1 aromatic heterocycles. The summed E-state index contributed by atoms with van der Waals surface area (Å²) in [7, 11) is 0. The molecule has 0 fully saturated rings. The van der Waals surface area contributed by atoms with Gasteiger partial charge in [-0.15, -0.1) is 0 Å². The summed E-state index contributed by atoms with van der Waals surface area (Å²) in [6.45, 7) is 0. The highest BCUT2D eigenvalue weighted by atomic mass is 35.5. The number of halogens is 1. The van der Waals surface area contributed by atoms with E-state index < -0.39 is 0 Å². The lowest BCUT2D eigenvalue weighted by molar-refractivity contribution is 1.53. The minimum atomic E-state index is 0.786. The van der Waals surface area contributed by atoms with Crippen molar-refractivity contribution in [1.29, 1.82) is 0 Å². The Labute approximate surface area is 179 Å². The average molecular weight is 404 g/mol. The second-order valence-electron chi connectivity index (χ2n) is 7.62. The molecule has 0 radical (unpaired) electrons. The number of rotatable bonds is 2. The molecule has 0 spiro atoms. The molecule has 6 rings (SSSR count). The minimum absolute atomic E-state index is 0.786. The predicted octanol–water partition coefficient (Wildman–Crippen LogP) is 8.46. The second kappa shape index (κ2) is 6.76. The number of benzene rings is 5. The number of nitrogens with one attached hydrogen (secondary N) is 1. The maximum Gasteiger partial charge on any atom is 0.0544 e. The highest BCUT2D eigenvalue weighted by Crippen LogP contribution is 2.37. The van der Waals surface area contributed by atoms with Gasteiger partial charge in [0, 0.05) is 32.3 Å². The number of fused-ring (bicyclic) bond motifs is 4. The van der Waals surface area contributed by atoms with Gasteiger partial charge in [-0.3, -0.25) is 0 Å². The fraction of sp³-hybridized carbons (Fsp3) is 0. The Morgan fingerprint density at radius 1 is 0.500 bits per heavy atom. The first-order chi connectivity index (χ1) is 14.8. The molecular formula is C28H18ClN. The third-order valence-corrected chi connectivity index (χ3v) is 6.23. The van der Waals surface area contributed by atoms with Gasteiger partial charge in [0.25, 0.3) is 0 Å². The predicted molar refractivity (Wildman–Crippen MR) is 129 cm³/mol. The van der Waals surface area contributed by atoms with E-state index in [2.05, 4.69) is 96.0 Å². The average Bonchev–Trinajstić information content (AvgIpc) is 3.18. The molecule has 1 N–H and O–H groups in total. The van der Waals surface area contributed by atoms with E-state index in [1.165, 1.54) is 49.4 Å². The highest BCUT2D eigenvalue weighted by molar-refractivity contribution is 6.36. The molecule has 5 aromatic carbocycles. The van der Waals surface area contributed by atoms with Crippen LogP contribution in [0.15, 0.2) is 103 Å². The maximum atomic E-state index is 6.44. The standard InChI is InChI=1S/C28H18ClN/c29-26-16-15-20(22-9-1-2-10-23(22)26)18-7-5-8-19(17-18)21-12-6-13-25-24-11-3-4-14-27(24)30-28(21)25/h1-17,30H. The topological polar surface area (TPSA) is 15.8 Å². The first kappa shape index (κ1) is 17.3. The molecule has 0 aliphatic carbocycles. The lowest BCUT2D eigenvalue weighted by Gasteiger charge is -2.11. The number of hydrogen-bond acceptors (Lipinski definition) is 0. The van der Waals surface area contributed by atoms with Crippen molar-refractivity contribution >= 4 is 44.2 Å².